The quantitative estimate of drug-likeness (QED) is 0.757. The first-order valence-corrected chi connectivity index (χ1v) is 4.43. The number of hydrogen-bond acceptors (Lipinski definition) is 4. The van der Waals surface area contributed by atoms with Gasteiger partial charge in [0.15, 0.2) is 11.3 Å². The fourth-order valence-electron chi connectivity index (χ4n) is 1.39. The van der Waals surface area contributed by atoms with Gasteiger partial charge in [-0.2, -0.15) is 0 Å². The average molecular weight is 220 g/mol. The van der Waals surface area contributed by atoms with Gasteiger partial charge in [0, 0.05) is 12.4 Å². The highest BCUT2D eigenvalue weighted by Crippen LogP contribution is 2.12. The summed E-state index contributed by atoms with van der Waals surface area (Å²) >= 11 is 0. The van der Waals surface area contributed by atoms with Crippen LogP contribution in [0.5, 0.6) is 0 Å². The minimum atomic E-state index is -1.14. The molecule has 1 N–H and O–H groups in total. The molecule has 6 nitrogen and oxygen atoms in total. The van der Waals surface area contributed by atoms with Crippen LogP contribution in [-0.2, 0) is 4.74 Å². The Morgan fingerprint density at radius 3 is 2.88 bits per heavy atom. The molecule has 82 valence electrons. The standard InChI is InChI=1S/C10H8N2O4/c1-16-10(15)6-3-2-4-12-5-7(9(13)14)11-8(6)12/h2-5H,1H3,(H,13,14). The highest BCUT2D eigenvalue weighted by Gasteiger charge is 2.15. The van der Waals surface area contributed by atoms with E-state index in [0.717, 1.165) is 0 Å². The molecule has 0 saturated heterocycles. The van der Waals surface area contributed by atoms with E-state index in [1.54, 1.807) is 12.3 Å². The molecule has 0 radical (unpaired) electrons. The Kier molecular flexibility index (Phi) is 2.32. The molecular formula is C10H8N2O4. The fourth-order valence-corrected chi connectivity index (χ4v) is 1.39. The van der Waals surface area contributed by atoms with Gasteiger partial charge in [-0.1, -0.05) is 0 Å². The fraction of sp³-hybridized carbons (Fsp3) is 0.100. The maximum atomic E-state index is 11.4. The topological polar surface area (TPSA) is 80.9 Å². The smallest absolute Gasteiger partial charge is 0.356 e. The number of pyridine rings is 1. The van der Waals surface area contributed by atoms with Crippen molar-refractivity contribution in [3.8, 4) is 0 Å². The van der Waals surface area contributed by atoms with E-state index < -0.39 is 11.9 Å². The van der Waals surface area contributed by atoms with Crippen LogP contribution in [0.2, 0.25) is 0 Å². The van der Waals surface area contributed by atoms with Crippen LogP contribution in [-0.4, -0.2) is 33.5 Å². The van der Waals surface area contributed by atoms with Gasteiger partial charge in [-0.05, 0) is 12.1 Å². The van der Waals surface area contributed by atoms with Gasteiger partial charge in [-0.3, -0.25) is 0 Å². The number of carbonyl (C=O) groups is 2. The van der Waals surface area contributed by atoms with Gasteiger partial charge in [-0.25, -0.2) is 14.6 Å². The summed E-state index contributed by atoms with van der Waals surface area (Å²) in [4.78, 5) is 26.0. The van der Waals surface area contributed by atoms with Gasteiger partial charge in [0.05, 0.1) is 7.11 Å². The number of imidazole rings is 1. The minimum absolute atomic E-state index is 0.114. The van der Waals surface area contributed by atoms with Crippen molar-refractivity contribution >= 4 is 17.6 Å². The lowest BCUT2D eigenvalue weighted by Gasteiger charge is -2.00. The summed E-state index contributed by atoms with van der Waals surface area (Å²) in [7, 11) is 1.26. The van der Waals surface area contributed by atoms with Crippen molar-refractivity contribution in [2.24, 2.45) is 0 Å². The molecule has 2 aromatic heterocycles. The molecule has 0 bridgehead atoms. The summed E-state index contributed by atoms with van der Waals surface area (Å²) in [5, 5.41) is 8.78. The van der Waals surface area contributed by atoms with Gasteiger partial charge in [0.1, 0.15) is 5.56 Å². The Labute approximate surface area is 90.1 Å². The van der Waals surface area contributed by atoms with Gasteiger partial charge in [0.2, 0.25) is 0 Å². The second-order valence-corrected chi connectivity index (χ2v) is 3.08. The summed E-state index contributed by atoms with van der Waals surface area (Å²) in [6.07, 6.45) is 2.95. The molecule has 0 aromatic carbocycles. The van der Waals surface area contributed by atoms with Crippen LogP contribution in [0.25, 0.3) is 5.65 Å². The van der Waals surface area contributed by atoms with E-state index in [9.17, 15) is 9.59 Å². The molecule has 0 aliphatic rings. The van der Waals surface area contributed by atoms with Crippen LogP contribution in [0.15, 0.2) is 24.5 Å². The third-order valence-electron chi connectivity index (χ3n) is 2.11. The predicted octanol–water partition coefficient (Wildman–Crippen LogP) is 0.819. The lowest BCUT2D eigenvalue weighted by Crippen LogP contribution is -2.04. The second-order valence-electron chi connectivity index (χ2n) is 3.08. The molecule has 0 saturated carbocycles. The number of aromatic carboxylic acids is 1. The molecule has 2 heterocycles. The number of nitrogens with zero attached hydrogens (tertiary/aromatic N) is 2. The molecular weight excluding hydrogens is 212 g/mol. The van der Waals surface area contributed by atoms with Gasteiger partial charge in [-0.15, -0.1) is 0 Å². The Morgan fingerprint density at radius 2 is 2.25 bits per heavy atom. The van der Waals surface area contributed by atoms with Gasteiger partial charge < -0.3 is 14.2 Å². The highest BCUT2D eigenvalue weighted by molar-refractivity contribution is 5.96. The molecule has 2 aromatic rings. The van der Waals surface area contributed by atoms with Crippen LogP contribution in [0.4, 0.5) is 0 Å². The number of carboxylic acid groups (broad SMARTS) is 1. The van der Waals surface area contributed by atoms with E-state index in [-0.39, 0.29) is 16.9 Å². The molecule has 2 rings (SSSR count). The number of carbonyl (C=O) groups excluding carboxylic acids is 1. The first-order chi connectivity index (χ1) is 7.63. The minimum Gasteiger partial charge on any atom is -0.476 e. The summed E-state index contributed by atoms with van der Waals surface area (Å²) in [6, 6.07) is 3.15. The van der Waals surface area contributed by atoms with Gasteiger partial charge >= 0.3 is 11.9 Å². The Bertz CT molecular complexity index is 573. The predicted molar refractivity (Wildman–Crippen MR) is 53.5 cm³/mol. The van der Waals surface area contributed by atoms with Crippen molar-refractivity contribution in [2.75, 3.05) is 7.11 Å². The van der Waals surface area contributed by atoms with E-state index in [1.165, 1.54) is 23.8 Å². The number of methoxy groups -OCH3 is 1. The van der Waals surface area contributed by atoms with Crippen molar-refractivity contribution < 1.29 is 19.4 Å². The molecule has 0 atom stereocenters. The summed E-state index contributed by atoms with van der Waals surface area (Å²) in [5.74, 6) is -1.69. The molecule has 0 amide bonds. The zero-order valence-corrected chi connectivity index (χ0v) is 8.38. The Balaban J connectivity index is 2.67. The van der Waals surface area contributed by atoms with Crippen LogP contribution in [0.1, 0.15) is 20.8 Å². The van der Waals surface area contributed by atoms with Crippen molar-refractivity contribution in [1.29, 1.82) is 0 Å². The normalized spacial score (nSPS) is 10.3. The van der Waals surface area contributed by atoms with E-state index in [4.69, 9.17) is 5.11 Å². The number of fused-ring (bicyclic) bond motifs is 1. The third-order valence-corrected chi connectivity index (χ3v) is 2.11. The number of esters is 1. The van der Waals surface area contributed by atoms with E-state index >= 15 is 0 Å². The van der Waals surface area contributed by atoms with Gasteiger partial charge in [0.25, 0.3) is 0 Å². The Morgan fingerprint density at radius 1 is 1.50 bits per heavy atom. The highest BCUT2D eigenvalue weighted by atomic mass is 16.5. The summed E-state index contributed by atoms with van der Waals surface area (Å²) in [5.41, 5.74) is 0.389. The first-order valence-electron chi connectivity index (χ1n) is 4.43. The van der Waals surface area contributed by atoms with Crippen molar-refractivity contribution in [1.82, 2.24) is 9.38 Å². The lowest BCUT2D eigenvalue weighted by molar-refractivity contribution is 0.0600. The number of aromatic nitrogens is 2. The zero-order chi connectivity index (χ0) is 11.7. The molecule has 0 fully saturated rings. The number of rotatable bonds is 2. The number of hydrogen-bond donors (Lipinski definition) is 1. The number of carboxylic acids is 1. The number of ether oxygens (including phenoxy) is 1. The molecule has 0 spiro atoms. The van der Waals surface area contributed by atoms with Crippen molar-refractivity contribution in [2.45, 2.75) is 0 Å². The molecule has 16 heavy (non-hydrogen) atoms. The van der Waals surface area contributed by atoms with Crippen LogP contribution in [0.3, 0.4) is 0 Å². The molecule has 0 aliphatic heterocycles. The SMILES string of the molecule is COC(=O)c1cccn2cc(C(=O)O)nc12. The van der Waals surface area contributed by atoms with Crippen LogP contribution < -0.4 is 0 Å². The zero-order valence-electron chi connectivity index (χ0n) is 8.38. The van der Waals surface area contributed by atoms with E-state index in [0.29, 0.717) is 0 Å². The molecule has 0 unspecified atom stereocenters. The summed E-state index contributed by atoms with van der Waals surface area (Å²) in [6.45, 7) is 0. The molecule has 0 aliphatic carbocycles. The van der Waals surface area contributed by atoms with Crippen LogP contribution in [0, 0.1) is 0 Å². The first kappa shape index (κ1) is 10.2. The second kappa shape index (κ2) is 3.65. The van der Waals surface area contributed by atoms with E-state index in [1.807, 2.05) is 0 Å². The largest absolute Gasteiger partial charge is 0.476 e. The Hall–Kier alpha value is -2.37. The van der Waals surface area contributed by atoms with Crippen molar-refractivity contribution in [3.63, 3.8) is 0 Å². The van der Waals surface area contributed by atoms with Crippen LogP contribution >= 0.6 is 0 Å². The van der Waals surface area contributed by atoms with Crippen molar-refractivity contribution in [3.05, 3.63) is 35.8 Å². The maximum Gasteiger partial charge on any atom is 0.356 e. The summed E-state index contributed by atoms with van der Waals surface area (Å²) < 4.78 is 6.04. The monoisotopic (exact) mass is 220 g/mol. The maximum absolute atomic E-state index is 11.4. The van der Waals surface area contributed by atoms with E-state index in [2.05, 4.69) is 9.72 Å². The third kappa shape index (κ3) is 1.50. The molecule has 6 heteroatoms. The lowest BCUT2D eigenvalue weighted by atomic mass is 10.3. The average Bonchev–Trinajstić information content (AvgIpc) is 2.71.